The van der Waals surface area contributed by atoms with Crippen LogP contribution in [0.2, 0.25) is 0 Å². The largest absolute Gasteiger partial charge is 0.465 e. The molecule has 0 N–H and O–H groups in total. The molecular weight excluding hydrogens is 452 g/mol. The van der Waals surface area contributed by atoms with Crippen molar-refractivity contribution in [2.75, 3.05) is 46.5 Å². The summed E-state index contributed by atoms with van der Waals surface area (Å²) in [6, 6.07) is 12.6. The molecule has 2 aromatic rings. The maximum Gasteiger partial charge on any atom is 0.348 e. The Kier molecular flexibility index (Phi) is 6.94. The highest BCUT2D eigenvalue weighted by molar-refractivity contribution is 7.91. The minimum atomic E-state index is -3.87. The molecule has 1 aromatic heterocycles. The van der Waals surface area contributed by atoms with Crippen LogP contribution in [0, 0.1) is 5.92 Å². The highest BCUT2D eigenvalue weighted by Gasteiger charge is 2.40. The van der Waals surface area contributed by atoms with E-state index in [1.54, 1.807) is 4.90 Å². The number of nitrogens with zero attached hydrogens (tertiary/aromatic N) is 2. The maximum absolute atomic E-state index is 13.5. The molecule has 2 aliphatic heterocycles. The number of benzene rings is 1. The van der Waals surface area contributed by atoms with Gasteiger partial charge in [-0.2, -0.15) is 4.31 Å². The number of hydrogen-bond donors (Lipinski definition) is 0. The number of rotatable bonds is 5. The predicted molar refractivity (Wildman–Crippen MR) is 119 cm³/mol. The van der Waals surface area contributed by atoms with E-state index in [9.17, 15) is 18.0 Å². The van der Waals surface area contributed by atoms with Crippen LogP contribution in [-0.2, 0) is 24.3 Å². The molecule has 0 spiro atoms. The van der Waals surface area contributed by atoms with E-state index in [0.717, 1.165) is 16.9 Å². The number of amides is 1. The Morgan fingerprint density at radius 3 is 2.47 bits per heavy atom. The van der Waals surface area contributed by atoms with Crippen molar-refractivity contribution in [2.45, 2.75) is 16.5 Å². The average Bonchev–Trinajstić information content (AvgIpc) is 3.35. The lowest BCUT2D eigenvalue weighted by Gasteiger charge is -2.39. The van der Waals surface area contributed by atoms with E-state index in [1.807, 2.05) is 30.3 Å². The Labute approximate surface area is 191 Å². The van der Waals surface area contributed by atoms with Crippen molar-refractivity contribution < 1.29 is 27.5 Å². The molecule has 2 aliphatic rings. The van der Waals surface area contributed by atoms with Gasteiger partial charge in [-0.15, -0.1) is 11.3 Å². The monoisotopic (exact) mass is 478 g/mol. The summed E-state index contributed by atoms with van der Waals surface area (Å²) in [6.07, 6.45) is 0.587. The number of thiophene rings is 1. The molecule has 3 heterocycles. The van der Waals surface area contributed by atoms with E-state index in [1.165, 1.54) is 23.5 Å². The Bertz CT molecular complexity index is 1060. The molecule has 0 aliphatic carbocycles. The summed E-state index contributed by atoms with van der Waals surface area (Å²) in [6.45, 7) is 2.43. The SMILES string of the molecule is COC(=O)c1ccc(S(=O)(=O)N2CC(C(=O)N3CCOCC3)CC(c3ccccc3)C2)s1. The van der Waals surface area contributed by atoms with Crippen LogP contribution in [-0.4, -0.2) is 76.0 Å². The van der Waals surface area contributed by atoms with Crippen LogP contribution in [0.1, 0.15) is 27.6 Å². The van der Waals surface area contributed by atoms with Gasteiger partial charge in [-0.1, -0.05) is 30.3 Å². The van der Waals surface area contributed by atoms with Gasteiger partial charge in [0.2, 0.25) is 5.91 Å². The molecule has 1 aromatic carbocycles. The van der Waals surface area contributed by atoms with Crippen molar-refractivity contribution in [2.24, 2.45) is 5.92 Å². The molecule has 2 atom stereocenters. The first-order chi connectivity index (χ1) is 15.4. The molecule has 0 bridgehead atoms. The van der Waals surface area contributed by atoms with Crippen molar-refractivity contribution in [3.05, 3.63) is 52.9 Å². The fraction of sp³-hybridized carbons (Fsp3) is 0.455. The highest BCUT2D eigenvalue weighted by atomic mass is 32.2. The molecule has 172 valence electrons. The lowest BCUT2D eigenvalue weighted by molar-refractivity contribution is -0.141. The van der Waals surface area contributed by atoms with Gasteiger partial charge in [-0.25, -0.2) is 13.2 Å². The second-order valence-corrected chi connectivity index (χ2v) is 11.2. The lowest BCUT2D eigenvalue weighted by atomic mass is 9.85. The number of methoxy groups -OCH3 is 1. The number of ether oxygens (including phenoxy) is 2. The summed E-state index contributed by atoms with van der Waals surface area (Å²) in [5.41, 5.74) is 1.01. The molecule has 0 saturated carbocycles. The zero-order chi connectivity index (χ0) is 22.7. The normalized spacial score (nSPS) is 22.5. The quantitative estimate of drug-likeness (QED) is 0.612. The van der Waals surface area contributed by atoms with Gasteiger partial charge in [0.05, 0.1) is 26.2 Å². The molecule has 2 saturated heterocycles. The van der Waals surface area contributed by atoms with Gasteiger partial charge in [-0.3, -0.25) is 4.79 Å². The van der Waals surface area contributed by atoms with E-state index in [0.29, 0.717) is 32.7 Å². The summed E-state index contributed by atoms with van der Waals surface area (Å²) in [5, 5.41) is 0. The number of esters is 1. The van der Waals surface area contributed by atoms with Crippen LogP contribution in [0.5, 0.6) is 0 Å². The van der Waals surface area contributed by atoms with E-state index < -0.39 is 21.9 Å². The first-order valence-electron chi connectivity index (χ1n) is 10.5. The molecule has 10 heteroatoms. The summed E-state index contributed by atoms with van der Waals surface area (Å²) >= 11 is 0.885. The van der Waals surface area contributed by atoms with Crippen molar-refractivity contribution in [1.29, 1.82) is 0 Å². The third-order valence-corrected chi connectivity index (χ3v) is 9.29. The third-order valence-electron chi connectivity index (χ3n) is 5.92. The average molecular weight is 479 g/mol. The van der Waals surface area contributed by atoms with E-state index >= 15 is 0 Å². The topological polar surface area (TPSA) is 93.2 Å². The molecule has 8 nitrogen and oxygen atoms in total. The number of carbonyl (C=O) groups is 2. The number of sulfonamides is 1. The highest BCUT2D eigenvalue weighted by Crippen LogP contribution is 2.35. The molecule has 2 unspecified atom stereocenters. The van der Waals surface area contributed by atoms with E-state index in [2.05, 4.69) is 0 Å². The Morgan fingerprint density at radius 1 is 1.06 bits per heavy atom. The van der Waals surface area contributed by atoms with E-state index in [-0.39, 0.29) is 34.0 Å². The van der Waals surface area contributed by atoms with Crippen LogP contribution in [0.15, 0.2) is 46.7 Å². The van der Waals surface area contributed by atoms with E-state index in [4.69, 9.17) is 9.47 Å². The minimum Gasteiger partial charge on any atom is -0.465 e. The van der Waals surface area contributed by atoms with Crippen molar-refractivity contribution in [3.8, 4) is 0 Å². The zero-order valence-corrected chi connectivity index (χ0v) is 19.4. The minimum absolute atomic E-state index is 0.0319. The number of morpholine rings is 1. The molecular formula is C22H26N2O6S2. The van der Waals surface area contributed by atoms with Crippen LogP contribution >= 0.6 is 11.3 Å². The summed E-state index contributed by atoms with van der Waals surface area (Å²) in [7, 11) is -2.62. The molecule has 32 heavy (non-hydrogen) atoms. The second kappa shape index (κ2) is 9.70. The summed E-state index contributed by atoms with van der Waals surface area (Å²) < 4.78 is 38.5. The smallest absolute Gasteiger partial charge is 0.348 e. The molecule has 0 radical (unpaired) electrons. The van der Waals surface area contributed by atoms with Gasteiger partial charge < -0.3 is 14.4 Å². The van der Waals surface area contributed by atoms with Gasteiger partial charge in [0.15, 0.2) is 0 Å². The van der Waals surface area contributed by atoms with Crippen molar-refractivity contribution in [3.63, 3.8) is 0 Å². The van der Waals surface area contributed by atoms with Crippen LogP contribution in [0.3, 0.4) is 0 Å². The first-order valence-corrected chi connectivity index (χ1v) is 12.8. The molecule has 4 rings (SSSR count). The molecule has 2 fully saturated rings. The maximum atomic E-state index is 13.5. The van der Waals surface area contributed by atoms with Gasteiger partial charge in [0.25, 0.3) is 10.0 Å². The Hall–Kier alpha value is -2.27. The number of hydrogen-bond acceptors (Lipinski definition) is 7. The molecule has 1 amide bonds. The van der Waals surface area contributed by atoms with Crippen LogP contribution in [0.4, 0.5) is 0 Å². The standard InChI is InChI=1S/C22H26N2O6S2/c1-29-22(26)19-7-8-20(31-19)32(27,28)24-14-17(16-5-3-2-4-6-16)13-18(15-24)21(25)23-9-11-30-12-10-23/h2-8,17-18H,9-15H2,1H3. The predicted octanol–water partition coefficient (Wildman–Crippen LogP) is 2.19. The second-order valence-electron chi connectivity index (χ2n) is 7.91. The van der Waals surface area contributed by atoms with Crippen molar-refractivity contribution >= 4 is 33.2 Å². The van der Waals surface area contributed by atoms with Gasteiger partial charge in [0.1, 0.15) is 9.09 Å². The first kappa shape index (κ1) is 22.9. The number of carbonyl (C=O) groups excluding carboxylic acids is 2. The van der Waals surface area contributed by atoms with Gasteiger partial charge in [0, 0.05) is 26.2 Å². The van der Waals surface area contributed by atoms with Gasteiger partial charge in [-0.05, 0) is 30.0 Å². The van der Waals surface area contributed by atoms with Gasteiger partial charge >= 0.3 is 5.97 Å². The number of piperidine rings is 1. The van der Waals surface area contributed by atoms with Crippen LogP contribution in [0.25, 0.3) is 0 Å². The zero-order valence-electron chi connectivity index (χ0n) is 17.8. The summed E-state index contributed by atoms with van der Waals surface area (Å²) in [4.78, 5) is 27.1. The Balaban J connectivity index is 1.62. The fourth-order valence-corrected chi connectivity index (χ4v) is 7.15. The fourth-order valence-electron chi connectivity index (χ4n) is 4.24. The van der Waals surface area contributed by atoms with Crippen molar-refractivity contribution in [1.82, 2.24) is 9.21 Å². The summed E-state index contributed by atoms with van der Waals surface area (Å²) in [5.74, 6) is -1.15. The third kappa shape index (κ3) is 4.73. The lowest BCUT2D eigenvalue weighted by Crippen LogP contribution is -2.51. The Morgan fingerprint density at radius 2 is 1.78 bits per heavy atom. The van der Waals surface area contributed by atoms with Crippen LogP contribution < -0.4 is 0 Å².